The number of likely N-dealkylation sites (N-methyl/N-ethyl adjacent to an activating group) is 1. The highest BCUT2D eigenvalue weighted by atomic mass is 35.5. The summed E-state index contributed by atoms with van der Waals surface area (Å²) in [4.78, 5) is 13.4. The van der Waals surface area contributed by atoms with Gasteiger partial charge in [0.05, 0.1) is 28.0 Å². The summed E-state index contributed by atoms with van der Waals surface area (Å²) in [5, 5.41) is 3.32. The minimum Gasteiger partial charge on any atom is -0.322 e. The molecule has 0 saturated carbocycles. The first-order valence-corrected chi connectivity index (χ1v) is 8.61. The van der Waals surface area contributed by atoms with Gasteiger partial charge in [-0.3, -0.25) is 9.69 Å². The number of hydrogen-bond acceptors (Lipinski definition) is 4. The van der Waals surface area contributed by atoms with Crippen LogP contribution in [-0.2, 0) is 14.6 Å². The van der Waals surface area contributed by atoms with Gasteiger partial charge in [-0.25, -0.2) is 8.42 Å². The van der Waals surface area contributed by atoms with Gasteiger partial charge in [-0.15, -0.1) is 0 Å². The van der Waals surface area contributed by atoms with Crippen LogP contribution in [0.15, 0.2) is 18.2 Å². The summed E-state index contributed by atoms with van der Waals surface area (Å²) in [6.07, 6.45) is 1.16. The highest BCUT2D eigenvalue weighted by molar-refractivity contribution is 7.90. The van der Waals surface area contributed by atoms with Crippen molar-refractivity contribution in [3.8, 4) is 0 Å². The van der Waals surface area contributed by atoms with Gasteiger partial charge in [-0.2, -0.15) is 0 Å². The van der Waals surface area contributed by atoms with Gasteiger partial charge in [0, 0.05) is 12.8 Å². The van der Waals surface area contributed by atoms with Crippen LogP contribution in [0.25, 0.3) is 0 Å². The first-order valence-electron chi connectivity index (χ1n) is 5.79. The molecule has 0 spiro atoms. The van der Waals surface area contributed by atoms with Crippen molar-refractivity contribution in [2.24, 2.45) is 0 Å². The van der Waals surface area contributed by atoms with Gasteiger partial charge in [0.2, 0.25) is 5.91 Å². The van der Waals surface area contributed by atoms with Crippen LogP contribution in [-0.4, -0.2) is 51.4 Å². The summed E-state index contributed by atoms with van der Waals surface area (Å²) in [6, 6.07) is 4.92. The van der Waals surface area contributed by atoms with Crippen molar-refractivity contribution < 1.29 is 13.2 Å². The molecule has 1 aromatic rings. The molecular weight excluding hydrogens is 323 g/mol. The number of hydrogen-bond donors (Lipinski definition) is 1. The zero-order valence-electron chi connectivity index (χ0n) is 11.2. The van der Waals surface area contributed by atoms with E-state index in [1.807, 2.05) is 0 Å². The van der Waals surface area contributed by atoms with E-state index in [9.17, 15) is 13.2 Å². The number of carbonyl (C=O) groups excluding carboxylic acids is 1. The number of nitrogens with zero attached hydrogens (tertiary/aromatic N) is 1. The van der Waals surface area contributed by atoms with Crippen molar-refractivity contribution in [3.63, 3.8) is 0 Å². The molecule has 1 aromatic carbocycles. The lowest BCUT2D eigenvalue weighted by Gasteiger charge is -2.16. The highest BCUT2D eigenvalue weighted by Gasteiger charge is 2.12. The largest absolute Gasteiger partial charge is 0.322 e. The number of para-hydroxylation sites is 1. The summed E-state index contributed by atoms with van der Waals surface area (Å²) in [7, 11) is -1.38. The predicted molar refractivity (Wildman–Crippen MR) is 82.3 cm³/mol. The Bertz CT molecular complexity index is 570. The van der Waals surface area contributed by atoms with Gasteiger partial charge >= 0.3 is 0 Å². The second-order valence-electron chi connectivity index (χ2n) is 4.51. The Balaban J connectivity index is 2.56. The maximum atomic E-state index is 11.8. The van der Waals surface area contributed by atoms with Crippen LogP contribution in [0.2, 0.25) is 10.0 Å². The molecule has 0 fully saturated rings. The van der Waals surface area contributed by atoms with Crippen molar-refractivity contribution in [1.29, 1.82) is 0 Å². The molecule has 1 N–H and O–H groups in total. The van der Waals surface area contributed by atoms with Crippen LogP contribution >= 0.6 is 23.2 Å². The molecule has 0 unspecified atom stereocenters. The van der Waals surface area contributed by atoms with Gasteiger partial charge in [0.25, 0.3) is 0 Å². The summed E-state index contributed by atoms with van der Waals surface area (Å²) in [5.41, 5.74) is 0.359. The lowest BCUT2D eigenvalue weighted by molar-refractivity contribution is -0.117. The first-order chi connectivity index (χ1) is 9.19. The van der Waals surface area contributed by atoms with E-state index in [1.54, 1.807) is 30.1 Å². The van der Waals surface area contributed by atoms with Crippen LogP contribution in [0.3, 0.4) is 0 Å². The number of anilines is 1. The highest BCUT2D eigenvalue weighted by Crippen LogP contribution is 2.29. The van der Waals surface area contributed by atoms with Crippen molar-refractivity contribution in [2.45, 2.75) is 0 Å². The molecule has 1 amide bonds. The molecule has 1 rings (SSSR count). The molecule has 8 heteroatoms. The minimum atomic E-state index is -3.04. The Morgan fingerprint density at radius 1 is 1.30 bits per heavy atom. The summed E-state index contributed by atoms with van der Waals surface area (Å²) in [6.45, 7) is 0.333. The second kappa shape index (κ2) is 7.26. The second-order valence-corrected chi connectivity index (χ2v) is 7.59. The van der Waals surface area contributed by atoms with Gasteiger partial charge in [0.1, 0.15) is 9.84 Å². The molecule has 0 heterocycles. The lowest BCUT2D eigenvalue weighted by atomic mass is 10.3. The van der Waals surface area contributed by atoms with Crippen LogP contribution in [0, 0.1) is 0 Å². The molecule has 0 aliphatic rings. The predicted octanol–water partition coefficient (Wildman–Crippen LogP) is 1.91. The van der Waals surface area contributed by atoms with Crippen LogP contribution < -0.4 is 5.32 Å². The van der Waals surface area contributed by atoms with Gasteiger partial charge in [0.15, 0.2) is 0 Å². The smallest absolute Gasteiger partial charge is 0.238 e. The first kappa shape index (κ1) is 17.2. The molecule has 0 radical (unpaired) electrons. The Labute approximate surface area is 128 Å². The van der Waals surface area contributed by atoms with Crippen LogP contribution in [0.1, 0.15) is 0 Å². The zero-order valence-corrected chi connectivity index (χ0v) is 13.5. The quantitative estimate of drug-likeness (QED) is 0.860. The van der Waals surface area contributed by atoms with E-state index in [0.717, 1.165) is 6.26 Å². The Morgan fingerprint density at radius 2 is 1.85 bits per heavy atom. The van der Waals surface area contributed by atoms with E-state index in [2.05, 4.69) is 5.32 Å². The minimum absolute atomic E-state index is 0.00360. The maximum Gasteiger partial charge on any atom is 0.238 e. The molecule has 0 bridgehead atoms. The fourth-order valence-corrected chi connectivity index (χ4v) is 2.58. The molecular formula is C12H16Cl2N2O3S. The van der Waals surface area contributed by atoms with E-state index in [-0.39, 0.29) is 24.7 Å². The number of benzene rings is 1. The number of amides is 1. The molecule has 0 saturated heterocycles. The maximum absolute atomic E-state index is 11.8. The zero-order chi connectivity index (χ0) is 15.3. The number of halogens is 2. The average molecular weight is 339 g/mol. The lowest BCUT2D eigenvalue weighted by Crippen LogP contribution is -2.33. The Morgan fingerprint density at radius 3 is 2.35 bits per heavy atom. The molecule has 112 valence electrons. The van der Waals surface area contributed by atoms with Crippen LogP contribution in [0.4, 0.5) is 5.69 Å². The van der Waals surface area contributed by atoms with Crippen molar-refractivity contribution in [1.82, 2.24) is 4.90 Å². The van der Waals surface area contributed by atoms with Crippen molar-refractivity contribution in [2.75, 3.05) is 37.5 Å². The van der Waals surface area contributed by atoms with E-state index in [0.29, 0.717) is 15.7 Å². The summed E-state index contributed by atoms with van der Waals surface area (Å²) >= 11 is 11.9. The Hall–Kier alpha value is -0.820. The standard InChI is InChI=1S/C12H16Cl2N2O3S/c1-16(6-7-20(2,18)19)8-11(17)15-12-9(13)4-3-5-10(12)14/h3-5H,6-8H2,1-2H3,(H,15,17). The van der Waals surface area contributed by atoms with E-state index in [1.165, 1.54) is 0 Å². The van der Waals surface area contributed by atoms with E-state index < -0.39 is 9.84 Å². The molecule has 0 atom stereocenters. The monoisotopic (exact) mass is 338 g/mol. The topological polar surface area (TPSA) is 66.5 Å². The van der Waals surface area contributed by atoms with E-state index >= 15 is 0 Å². The molecule has 5 nitrogen and oxygen atoms in total. The van der Waals surface area contributed by atoms with Gasteiger partial charge in [-0.05, 0) is 19.2 Å². The number of nitrogens with one attached hydrogen (secondary N) is 1. The fourth-order valence-electron chi connectivity index (χ4n) is 1.44. The molecule has 0 aliphatic carbocycles. The third-order valence-electron chi connectivity index (χ3n) is 2.48. The SMILES string of the molecule is CN(CCS(C)(=O)=O)CC(=O)Nc1c(Cl)cccc1Cl. The summed E-state index contributed by atoms with van der Waals surface area (Å²) in [5.74, 6) is -0.306. The fraction of sp³-hybridized carbons (Fsp3) is 0.417. The molecule has 20 heavy (non-hydrogen) atoms. The average Bonchev–Trinajstić information content (AvgIpc) is 2.31. The third kappa shape index (κ3) is 6.09. The molecule has 0 aliphatic heterocycles. The van der Waals surface area contributed by atoms with Crippen molar-refractivity contribution >= 4 is 44.6 Å². The van der Waals surface area contributed by atoms with Crippen molar-refractivity contribution in [3.05, 3.63) is 28.2 Å². The summed E-state index contributed by atoms with van der Waals surface area (Å²) < 4.78 is 22.1. The number of carbonyl (C=O) groups is 1. The normalized spacial score (nSPS) is 11.7. The van der Waals surface area contributed by atoms with Gasteiger partial charge in [-0.1, -0.05) is 29.3 Å². The Kier molecular flexibility index (Phi) is 6.26. The van der Waals surface area contributed by atoms with Gasteiger partial charge < -0.3 is 5.32 Å². The third-order valence-corrected chi connectivity index (χ3v) is 4.04. The number of sulfone groups is 1. The number of rotatable bonds is 6. The van der Waals surface area contributed by atoms with Crippen LogP contribution in [0.5, 0.6) is 0 Å². The van der Waals surface area contributed by atoms with E-state index in [4.69, 9.17) is 23.2 Å². The molecule has 0 aromatic heterocycles.